The zero-order valence-corrected chi connectivity index (χ0v) is 12.3. The summed E-state index contributed by atoms with van der Waals surface area (Å²) in [6, 6.07) is 0. The standard InChI is InChI=1S/C12H24O3Si/c1-11(2,3)16(5,6)15-12(8-7-9-12)10(13)14-4/h7-9H2,1-6H3. The molecule has 16 heavy (non-hydrogen) atoms. The van der Waals surface area contributed by atoms with E-state index in [1.807, 2.05) is 0 Å². The van der Waals surface area contributed by atoms with Gasteiger partial charge in [0.25, 0.3) is 0 Å². The van der Waals surface area contributed by atoms with Crippen LogP contribution in [0.25, 0.3) is 0 Å². The van der Waals surface area contributed by atoms with Gasteiger partial charge in [-0.15, -0.1) is 0 Å². The van der Waals surface area contributed by atoms with E-state index in [-0.39, 0.29) is 11.0 Å². The van der Waals surface area contributed by atoms with Crippen molar-refractivity contribution < 1.29 is 14.0 Å². The Hall–Kier alpha value is -0.353. The summed E-state index contributed by atoms with van der Waals surface area (Å²) in [5.41, 5.74) is -0.627. The van der Waals surface area contributed by atoms with Gasteiger partial charge in [-0.3, -0.25) is 0 Å². The van der Waals surface area contributed by atoms with Crippen LogP contribution in [0.4, 0.5) is 0 Å². The molecule has 3 nitrogen and oxygen atoms in total. The smallest absolute Gasteiger partial charge is 0.336 e. The summed E-state index contributed by atoms with van der Waals surface area (Å²) in [7, 11) is -0.448. The molecular formula is C12H24O3Si. The number of methoxy groups -OCH3 is 1. The van der Waals surface area contributed by atoms with Crippen molar-refractivity contribution in [1.29, 1.82) is 0 Å². The van der Waals surface area contributed by atoms with Crippen molar-refractivity contribution in [3.8, 4) is 0 Å². The van der Waals surface area contributed by atoms with Crippen molar-refractivity contribution >= 4 is 14.3 Å². The third-order valence-electron chi connectivity index (χ3n) is 3.98. The van der Waals surface area contributed by atoms with Gasteiger partial charge in [-0.2, -0.15) is 0 Å². The van der Waals surface area contributed by atoms with Gasteiger partial charge in [-0.25, -0.2) is 4.79 Å². The normalized spacial score (nSPS) is 20.1. The zero-order chi connectivity index (χ0) is 12.6. The monoisotopic (exact) mass is 244 g/mol. The molecule has 1 saturated carbocycles. The molecule has 0 spiro atoms. The van der Waals surface area contributed by atoms with E-state index in [4.69, 9.17) is 9.16 Å². The van der Waals surface area contributed by atoms with Gasteiger partial charge in [-0.1, -0.05) is 20.8 Å². The largest absolute Gasteiger partial charge is 0.467 e. The number of hydrogen-bond acceptors (Lipinski definition) is 3. The van der Waals surface area contributed by atoms with E-state index >= 15 is 0 Å². The lowest BCUT2D eigenvalue weighted by Crippen LogP contribution is -2.57. The Morgan fingerprint density at radius 2 is 1.75 bits per heavy atom. The van der Waals surface area contributed by atoms with Crippen molar-refractivity contribution in [3.63, 3.8) is 0 Å². The van der Waals surface area contributed by atoms with Gasteiger partial charge >= 0.3 is 5.97 Å². The van der Waals surface area contributed by atoms with Crippen LogP contribution in [0.15, 0.2) is 0 Å². The number of esters is 1. The summed E-state index contributed by atoms with van der Waals surface area (Å²) < 4.78 is 11.1. The number of rotatable bonds is 3. The van der Waals surface area contributed by atoms with Crippen LogP contribution < -0.4 is 0 Å². The van der Waals surface area contributed by atoms with Crippen LogP contribution in [0.1, 0.15) is 40.0 Å². The van der Waals surface area contributed by atoms with Crippen molar-refractivity contribution in [2.45, 2.75) is 63.8 Å². The Kier molecular flexibility index (Phi) is 3.55. The summed E-state index contributed by atoms with van der Waals surface area (Å²) in [5, 5.41) is 0.129. The second kappa shape index (κ2) is 4.15. The van der Waals surface area contributed by atoms with Crippen molar-refractivity contribution in [1.82, 2.24) is 0 Å². The molecule has 0 heterocycles. The average molecular weight is 244 g/mol. The van der Waals surface area contributed by atoms with Gasteiger partial charge in [0.15, 0.2) is 13.9 Å². The lowest BCUT2D eigenvalue weighted by Gasteiger charge is -2.48. The number of carbonyl (C=O) groups is 1. The molecule has 0 bridgehead atoms. The molecule has 1 rings (SSSR count). The maximum absolute atomic E-state index is 11.8. The highest BCUT2D eigenvalue weighted by molar-refractivity contribution is 6.74. The van der Waals surface area contributed by atoms with Crippen LogP contribution in [0.2, 0.25) is 18.1 Å². The van der Waals surface area contributed by atoms with Crippen molar-refractivity contribution in [2.24, 2.45) is 0 Å². The lowest BCUT2D eigenvalue weighted by atomic mass is 9.80. The molecular weight excluding hydrogens is 220 g/mol. The SMILES string of the molecule is COC(=O)C1(O[Si](C)(C)C(C)(C)C)CCC1. The summed E-state index contributed by atoms with van der Waals surface area (Å²) in [6.45, 7) is 10.9. The predicted octanol–water partition coefficient (Wildman–Crippen LogP) is 3.10. The second-order valence-corrected chi connectivity index (χ2v) is 10.9. The Morgan fingerprint density at radius 3 is 2.00 bits per heavy atom. The van der Waals surface area contributed by atoms with Crippen LogP contribution in [-0.2, 0) is 14.0 Å². The minimum atomic E-state index is -1.89. The summed E-state index contributed by atoms with van der Waals surface area (Å²) >= 11 is 0. The quantitative estimate of drug-likeness (QED) is 0.565. The van der Waals surface area contributed by atoms with E-state index in [1.165, 1.54) is 7.11 Å². The molecule has 0 aromatic rings. The van der Waals surface area contributed by atoms with Gasteiger partial charge < -0.3 is 9.16 Å². The summed E-state index contributed by atoms with van der Waals surface area (Å²) in [4.78, 5) is 11.8. The third-order valence-corrected chi connectivity index (χ3v) is 8.49. The van der Waals surface area contributed by atoms with Crippen LogP contribution >= 0.6 is 0 Å². The molecule has 94 valence electrons. The first-order chi connectivity index (χ1) is 7.15. The molecule has 4 heteroatoms. The third kappa shape index (κ3) is 2.32. The average Bonchev–Trinajstić information content (AvgIpc) is 2.08. The first-order valence-corrected chi connectivity index (χ1v) is 8.84. The number of hydrogen-bond donors (Lipinski definition) is 0. The molecule has 0 unspecified atom stereocenters. The molecule has 0 radical (unpaired) electrons. The molecule has 0 aromatic carbocycles. The molecule has 0 amide bonds. The van der Waals surface area contributed by atoms with Gasteiger partial charge in [0.05, 0.1) is 7.11 Å². The molecule has 1 aliphatic rings. The summed E-state index contributed by atoms with van der Waals surface area (Å²) in [6.07, 6.45) is 2.68. The number of carbonyl (C=O) groups excluding carboxylic acids is 1. The van der Waals surface area contributed by atoms with Crippen LogP contribution in [0, 0.1) is 0 Å². The van der Waals surface area contributed by atoms with E-state index in [2.05, 4.69) is 33.9 Å². The highest BCUT2D eigenvalue weighted by Gasteiger charge is 2.52. The van der Waals surface area contributed by atoms with Gasteiger partial charge in [0.2, 0.25) is 0 Å². The minimum absolute atomic E-state index is 0.129. The molecule has 0 saturated heterocycles. The molecule has 0 atom stereocenters. The maximum Gasteiger partial charge on any atom is 0.336 e. The van der Waals surface area contributed by atoms with Crippen LogP contribution in [0.5, 0.6) is 0 Å². The highest BCUT2D eigenvalue weighted by Crippen LogP contribution is 2.45. The van der Waals surface area contributed by atoms with E-state index in [1.54, 1.807) is 0 Å². The molecule has 0 N–H and O–H groups in total. The van der Waals surface area contributed by atoms with Crippen molar-refractivity contribution in [3.05, 3.63) is 0 Å². The fourth-order valence-corrected chi connectivity index (χ4v) is 3.24. The number of ether oxygens (including phenoxy) is 1. The maximum atomic E-state index is 11.8. The van der Waals surface area contributed by atoms with E-state index in [0.29, 0.717) is 0 Å². The second-order valence-electron chi connectivity index (χ2n) is 6.20. The van der Waals surface area contributed by atoms with Gasteiger partial charge in [-0.05, 0) is 37.4 Å². The van der Waals surface area contributed by atoms with Crippen molar-refractivity contribution in [2.75, 3.05) is 7.11 Å². The molecule has 0 aliphatic heterocycles. The fourth-order valence-electron chi connectivity index (χ4n) is 1.67. The fraction of sp³-hybridized carbons (Fsp3) is 0.917. The minimum Gasteiger partial charge on any atom is -0.467 e. The lowest BCUT2D eigenvalue weighted by molar-refractivity contribution is -0.168. The molecule has 0 aromatic heterocycles. The Bertz CT molecular complexity index is 274. The van der Waals surface area contributed by atoms with E-state index in [9.17, 15) is 4.79 Å². The Morgan fingerprint density at radius 1 is 1.25 bits per heavy atom. The Labute approximate surface area is 99.6 Å². The first kappa shape index (κ1) is 13.7. The topological polar surface area (TPSA) is 35.5 Å². The van der Waals surface area contributed by atoms with Crippen LogP contribution in [-0.4, -0.2) is 27.0 Å². The molecule has 1 aliphatic carbocycles. The Balaban J connectivity index is 2.82. The van der Waals surface area contributed by atoms with Crippen LogP contribution in [0.3, 0.4) is 0 Å². The van der Waals surface area contributed by atoms with Gasteiger partial charge in [0, 0.05) is 0 Å². The molecule has 1 fully saturated rings. The van der Waals surface area contributed by atoms with E-state index < -0.39 is 13.9 Å². The van der Waals surface area contributed by atoms with Gasteiger partial charge in [0.1, 0.15) is 0 Å². The summed E-state index contributed by atoms with van der Waals surface area (Å²) in [5.74, 6) is -0.191. The van der Waals surface area contributed by atoms with E-state index in [0.717, 1.165) is 19.3 Å². The highest BCUT2D eigenvalue weighted by atomic mass is 28.4. The first-order valence-electron chi connectivity index (χ1n) is 5.93. The predicted molar refractivity (Wildman–Crippen MR) is 66.9 cm³/mol. The zero-order valence-electron chi connectivity index (χ0n) is 11.3.